The van der Waals surface area contributed by atoms with E-state index < -0.39 is 64.6 Å². The Morgan fingerprint density at radius 2 is 0.978 bits per heavy atom. The first-order valence-corrected chi connectivity index (χ1v) is 15.9. The number of carbonyl (C=O) groups excluding carboxylic acids is 4. The minimum absolute atomic E-state index is 0.0567. The second-order valence-electron chi connectivity index (χ2n) is 15.1. The number of alkyl carbamates (subject to hydrolysis) is 1. The smallest absolute Gasteiger partial charge is 0.412 e. The molecule has 0 saturated heterocycles. The first-order valence-electron chi connectivity index (χ1n) is 15.9. The maximum absolute atomic E-state index is 13.9. The molecule has 0 heterocycles. The second-order valence-corrected chi connectivity index (χ2v) is 15.1. The average molecular weight is 661 g/mol. The van der Waals surface area contributed by atoms with E-state index in [9.17, 15) is 29.1 Å². The maximum Gasteiger partial charge on any atom is 0.412 e. The number of hydrogen-bond acceptors (Lipinski definition) is 11. The largest absolute Gasteiger partial charge is 0.480 e. The SMILES string of the molecule is CC(C)(C)OC(=O)NCCCNCCCCNCCC(C(=O)OC(C)(C)C)(C(=O)OC(C)(C)C)N(CC(=O)O)C(=O)OC(C)(C)C. The lowest BCUT2D eigenvalue weighted by atomic mass is 9.91. The lowest BCUT2D eigenvalue weighted by Gasteiger charge is -2.41. The highest BCUT2D eigenvalue weighted by atomic mass is 16.6. The van der Waals surface area contributed by atoms with Crippen LogP contribution in [0.5, 0.6) is 0 Å². The third-order valence-corrected chi connectivity index (χ3v) is 5.66. The molecule has 14 nitrogen and oxygen atoms in total. The van der Waals surface area contributed by atoms with E-state index in [4.69, 9.17) is 18.9 Å². The van der Waals surface area contributed by atoms with Gasteiger partial charge in [0.15, 0.2) is 0 Å². The van der Waals surface area contributed by atoms with Gasteiger partial charge < -0.3 is 40.0 Å². The molecule has 14 heteroatoms. The Morgan fingerprint density at radius 1 is 0.565 bits per heavy atom. The molecule has 0 aromatic carbocycles. The Balaban J connectivity index is 5.58. The molecule has 0 radical (unpaired) electrons. The molecule has 0 aliphatic heterocycles. The van der Waals surface area contributed by atoms with Crippen molar-refractivity contribution in [2.24, 2.45) is 0 Å². The molecule has 0 rings (SSSR count). The van der Waals surface area contributed by atoms with Gasteiger partial charge in [0.25, 0.3) is 0 Å². The van der Waals surface area contributed by atoms with Crippen molar-refractivity contribution in [3.8, 4) is 0 Å². The predicted octanol–water partition coefficient (Wildman–Crippen LogP) is 3.99. The van der Waals surface area contributed by atoms with E-state index in [1.807, 2.05) is 0 Å². The summed E-state index contributed by atoms with van der Waals surface area (Å²) in [7, 11) is 0. The molecule has 0 aliphatic carbocycles. The van der Waals surface area contributed by atoms with E-state index in [1.165, 1.54) is 0 Å². The molecule has 0 aliphatic rings. The summed E-state index contributed by atoms with van der Waals surface area (Å²) < 4.78 is 21.9. The van der Waals surface area contributed by atoms with Crippen LogP contribution in [0.3, 0.4) is 0 Å². The van der Waals surface area contributed by atoms with Crippen LogP contribution in [0.25, 0.3) is 0 Å². The van der Waals surface area contributed by atoms with Crippen molar-refractivity contribution < 1.29 is 48.0 Å². The highest BCUT2D eigenvalue weighted by Crippen LogP contribution is 2.30. The molecule has 0 unspecified atom stereocenters. The number of ether oxygens (including phenoxy) is 4. The Morgan fingerprint density at radius 3 is 1.39 bits per heavy atom. The fourth-order valence-electron chi connectivity index (χ4n) is 3.91. The van der Waals surface area contributed by atoms with Crippen molar-refractivity contribution in [3.05, 3.63) is 0 Å². The van der Waals surface area contributed by atoms with Gasteiger partial charge >= 0.3 is 30.1 Å². The number of carbonyl (C=O) groups is 5. The van der Waals surface area contributed by atoms with Crippen LogP contribution >= 0.6 is 0 Å². The number of rotatable bonds is 17. The normalized spacial score (nSPS) is 12.6. The van der Waals surface area contributed by atoms with Crippen LogP contribution in [0.4, 0.5) is 9.59 Å². The van der Waals surface area contributed by atoms with Gasteiger partial charge in [-0.15, -0.1) is 0 Å². The molecule has 0 aromatic rings. The van der Waals surface area contributed by atoms with Gasteiger partial charge in [0.05, 0.1) is 0 Å². The Hall–Kier alpha value is -3.13. The minimum atomic E-state index is -2.46. The third kappa shape index (κ3) is 18.7. The topological polar surface area (TPSA) is 182 Å². The molecule has 0 saturated carbocycles. The zero-order valence-electron chi connectivity index (χ0n) is 30.1. The van der Waals surface area contributed by atoms with E-state index in [0.717, 1.165) is 25.8 Å². The van der Waals surface area contributed by atoms with E-state index in [0.29, 0.717) is 24.5 Å². The summed E-state index contributed by atoms with van der Waals surface area (Å²) in [6.45, 7) is 21.3. The molecular formula is C32H60N4O10. The molecule has 268 valence electrons. The number of nitrogens with zero attached hydrogens (tertiary/aromatic N) is 1. The van der Waals surface area contributed by atoms with Crippen molar-refractivity contribution in [2.45, 2.75) is 137 Å². The van der Waals surface area contributed by atoms with Gasteiger partial charge in [-0.2, -0.15) is 0 Å². The lowest BCUT2D eigenvalue weighted by molar-refractivity contribution is -0.188. The number of amides is 2. The average Bonchev–Trinajstić information content (AvgIpc) is 2.81. The van der Waals surface area contributed by atoms with Crippen LogP contribution in [0, 0.1) is 0 Å². The summed E-state index contributed by atoms with van der Waals surface area (Å²) >= 11 is 0. The van der Waals surface area contributed by atoms with Gasteiger partial charge in [-0.25, -0.2) is 19.2 Å². The van der Waals surface area contributed by atoms with Crippen molar-refractivity contribution in [1.29, 1.82) is 0 Å². The highest BCUT2D eigenvalue weighted by molar-refractivity contribution is 6.08. The first-order chi connectivity index (χ1) is 20.8. The highest BCUT2D eigenvalue weighted by Gasteiger charge is 2.58. The van der Waals surface area contributed by atoms with E-state index in [1.54, 1.807) is 83.1 Å². The quantitative estimate of drug-likeness (QED) is 0.0763. The number of hydrogen-bond donors (Lipinski definition) is 4. The molecule has 0 spiro atoms. The van der Waals surface area contributed by atoms with Gasteiger partial charge in [0.1, 0.15) is 28.9 Å². The molecular weight excluding hydrogens is 600 g/mol. The number of unbranched alkanes of at least 4 members (excludes halogenated alkanes) is 1. The molecule has 0 atom stereocenters. The Bertz CT molecular complexity index is 976. The summed E-state index contributed by atoms with van der Waals surface area (Å²) in [5.41, 5.74) is -6.19. The van der Waals surface area contributed by atoms with Gasteiger partial charge in [-0.05, 0) is 129 Å². The van der Waals surface area contributed by atoms with Gasteiger partial charge in [-0.3, -0.25) is 9.69 Å². The lowest BCUT2D eigenvalue weighted by Crippen LogP contribution is -2.67. The zero-order chi connectivity index (χ0) is 36.0. The summed E-state index contributed by atoms with van der Waals surface area (Å²) in [6.07, 6.45) is 0.363. The molecule has 4 N–H and O–H groups in total. The third-order valence-electron chi connectivity index (χ3n) is 5.66. The number of carboxylic acids is 1. The zero-order valence-corrected chi connectivity index (χ0v) is 30.1. The van der Waals surface area contributed by atoms with Crippen molar-refractivity contribution >= 4 is 30.1 Å². The first kappa shape index (κ1) is 42.9. The van der Waals surface area contributed by atoms with Crippen LogP contribution in [0.1, 0.15) is 109 Å². The predicted molar refractivity (Wildman–Crippen MR) is 173 cm³/mol. The van der Waals surface area contributed by atoms with Crippen LogP contribution in [0.15, 0.2) is 0 Å². The molecule has 0 fully saturated rings. The summed E-state index contributed by atoms with van der Waals surface area (Å²) in [5.74, 6) is -3.69. The number of nitrogens with one attached hydrogen (secondary N) is 3. The van der Waals surface area contributed by atoms with Crippen molar-refractivity contribution in [1.82, 2.24) is 20.9 Å². The van der Waals surface area contributed by atoms with E-state index in [2.05, 4.69) is 16.0 Å². The molecule has 46 heavy (non-hydrogen) atoms. The monoisotopic (exact) mass is 660 g/mol. The van der Waals surface area contributed by atoms with Crippen LogP contribution in [0.2, 0.25) is 0 Å². The maximum atomic E-state index is 13.9. The number of esters is 2. The van der Waals surface area contributed by atoms with E-state index in [-0.39, 0.29) is 13.0 Å². The van der Waals surface area contributed by atoms with Gasteiger partial charge in [0.2, 0.25) is 5.54 Å². The van der Waals surface area contributed by atoms with Gasteiger partial charge in [-0.1, -0.05) is 0 Å². The van der Waals surface area contributed by atoms with Crippen LogP contribution < -0.4 is 16.0 Å². The number of carboxylic acid groups (broad SMARTS) is 1. The summed E-state index contributed by atoms with van der Waals surface area (Å²) in [6, 6.07) is 0. The van der Waals surface area contributed by atoms with Crippen molar-refractivity contribution in [3.63, 3.8) is 0 Å². The standard InChI is InChI=1S/C32H60N4O10/c1-28(2,3)43-24(39)32(25(40)44-29(4,5)6,36(22-23(37)38)27(42)46-31(10,11)12)16-21-34-18-14-13-17-33-19-15-20-35-26(41)45-30(7,8)9/h33-34H,13-22H2,1-12H3,(H,35,41)(H,37,38). The van der Waals surface area contributed by atoms with Crippen LogP contribution in [-0.2, 0) is 33.3 Å². The Labute approximate surface area is 275 Å². The Kier molecular flexibility index (Phi) is 17.0. The summed E-state index contributed by atoms with van der Waals surface area (Å²) in [4.78, 5) is 65.5. The van der Waals surface area contributed by atoms with Crippen molar-refractivity contribution in [2.75, 3.05) is 39.3 Å². The minimum Gasteiger partial charge on any atom is -0.480 e. The summed E-state index contributed by atoms with van der Waals surface area (Å²) in [5, 5.41) is 18.9. The van der Waals surface area contributed by atoms with Gasteiger partial charge in [0, 0.05) is 13.0 Å². The molecule has 2 amide bonds. The number of aliphatic carboxylic acids is 1. The molecule has 0 aromatic heterocycles. The van der Waals surface area contributed by atoms with Crippen LogP contribution in [-0.4, -0.2) is 107 Å². The second kappa shape index (κ2) is 18.3. The molecule has 0 bridgehead atoms. The van der Waals surface area contributed by atoms with E-state index >= 15 is 0 Å². The fraction of sp³-hybridized carbons (Fsp3) is 0.844. The fourth-order valence-corrected chi connectivity index (χ4v) is 3.91.